The molecular formula is C23H16ClFN2O3S2. The average Bonchev–Trinajstić information content (AvgIpc) is 3.37. The van der Waals surface area contributed by atoms with E-state index in [2.05, 4.69) is 4.98 Å². The van der Waals surface area contributed by atoms with Crippen LogP contribution in [0.1, 0.15) is 17.5 Å². The van der Waals surface area contributed by atoms with Gasteiger partial charge in [0.1, 0.15) is 12.4 Å². The molecule has 0 saturated heterocycles. The monoisotopic (exact) mass is 486 g/mol. The van der Waals surface area contributed by atoms with E-state index in [1.54, 1.807) is 23.6 Å². The lowest BCUT2D eigenvalue weighted by Crippen LogP contribution is -2.23. The highest BCUT2D eigenvalue weighted by Gasteiger charge is 2.21. The summed E-state index contributed by atoms with van der Waals surface area (Å²) in [4.78, 5) is 30.5. The van der Waals surface area contributed by atoms with E-state index in [9.17, 15) is 14.0 Å². The molecule has 4 aromatic rings. The van der Waals surface area contributed by atoms with Gasteiger partial charge < -0.3 is 4.74 Å². The molecule has 32 heavy (non-hydrogen) atoms. The maximum Gasteiger partial charge on any atom is 0.331 e. The first-order valence-corrected chi connectivity index (χ1v) is 11.5. The quantitative estimate of drug-likeness (QED) is 0.228. The van der Waals surface area contributed by atoms with Crippen molar-refractivity contribution in [2.24, 2.45) is 0 Å². The number of carbonyl (C=O) groups is 2. The topological polar surface area (TPSA) is 59.5 Å². The number of para-hydroxylation sites is 1. The molecule has 0 radical (unpaired) electrons. The third-order valence-electron chi connectivity index (χ3n) is 4.43. The normalized spacial score (nSPS) is 11.2. The molecule has 9 heteroatoms. The van der Waals surface area contributed by atoms with Gasteiger partial charge in [0, 0.05) is 33.3 Å². The van der Waals surface area contributed by atoms with Gasteiger partial charge in [-0.3, -0.25) is 9.69 Å². The fourth-order valence-electron chi connectivity index (χ4n) is 2.98. The molecule has 0 bridgehead atoms. The van der Waals surface area contributed by atoms with Gasteiger partial charge in [-0.2, -0.15) is 0 Å². The van der Waals surface area contributed by atoms with Crippen molar-refractivity contribution in [1.29, 1.82) is 0 Å². The maximum absolute atomic E-state index is 14.2. The van der Waals surface area contributed by atoms with E-state index in [0.717, 1.165) is 26.3 Å². The van der Waals surface area contributed by atoms with Crippen molar-refractivity contribution in [3.63, 3.8) is 0 Å². The van der Waals surface area contributed by atoms with E-state index >= 15 is 0 Å². The lowest BCUT2D eigenvalue weighted by Gasteiger charge is -2.18. The molecular weight excluding hydrogens is 471 g/mol. The average molecular weight is 487 g/mol. The predicted octanol–water partition coefficient (Wildman–Crippen LogP) is 6.59. The first-order chi connectivity index (χ1) is 15.4. The number of nitrogens with zero attached hydrogens (tertiary/aromatic N) is 2. The Kier molecular flexibility index (Phi) is 6.64. The summed E-state index contributed by atoms with van der Waals surface area (Å²) in [5, 5.41) is 3.48. The van der Waals surface area contributed by atoms with Crippen LogP contribution >= 0.6 is 34.3 Å². The molecule has 5 nitrogen and oxygen atoms in total. The first-order valence-electron chi connectivity index (χ1n) is 9.45. The third kappa shape index (κ3) is 4.72. The molecule has 2 heterocycles. The fraction of sp³-hybridized carbons (Fsp3) is 0.0870. The Morgan fingerprint density at radius 3 is 2.69 bits per heavy atom. The lowest BCUT2D eigenvalue weighted by molar-refractivity contribution is -0.139. The number of ether oxygens (including phenoxy) is 1. The molecule has 0 aliphatic rings. The summed E-state index contributed by atoms with van der Waals surface area (Å²) in [5.41, 5.74) is 0.565. The van der Waals surface area contributed by atoms with Gasteiger partial charge in [0.2, 0.25) is 5.91 Å². The summed E-state index contributed by atoms with van der Waals surface area (Å²) >= 11 is 9.01. The van der Waals surface area contributed by atoms with E-state index in [-0.39, 0.29) is 18.2 Å². The summed E-state index contributed by atoms with van der Waals surface area (Å²) in [7, 11) is 0. The highest BCUT2D eigenvalue weighted by molar-refractivity contribution is 7.20. The van der Waals surface area contributed by atoms with E-state index in [0.29, 0.717) is 15.8 Å². The minimum atomic E-state index is -0.550. The number of fused-ring (bicyclic) bond motifs is 1. The number of halogens is 2. The Balaban J connectivity index is 1.42. The molecule has 0 atom stereocenters. The molecule has 1 amide bonds. The van der Waals surface area contributed by atoms with Crippen molar-refractivity contribution < 1.29 is 18.7 Å². The van der Waals surface area contributed by atoms with Crippen molar-refractivity contribution in [2.45, 2.75) is 13.5 Å². The van der Waals surface area contributed by atoms with E-state index in [4.69, 9.17) is 16.3 Å². The number of carbonyl (C=O) groups excluding carboxylic acids is 2. The SMILES string of the molecule is CC(=O)N(c1nc(COC(=O)/C=C/c2sc3ccccc3c2Cl)cs1)c1ccccc1F. The van der Waals surface area contributed by atoms with Crippen molar-refractivity contribution in [3.05, 3.63) is 81.4 Å². The molecule has 0 spiro atoms. The molecule has 4 rings (SSSR count). The number of amides is 1. The zero-order chi connectivity index (χ0) is 22.7. The van der Waals surface area contributed by atoms with Crippen LogP contribution in [0.25, 0.3) is 16.2 Å². The Bertz CT molecular complexity index is 1330. The zero-order valence-electron chi connectivity index (χ0n) is 16.7. The molecule has 0 fully saturated rings. The van der Waals surface area contributed by atoms with Crippen molar-refractivity contribution in [3.8, 4) is 0 Å². The van der Waals surface area contributed by atoms with E-state index < -0.39 is 11.8 Å². The molecule has 0 aliphatic carbocycles. The minimum Gasteiger partial charge on any atom is -0.456 e. The van der Waals surface area contributed by atoms with Gasteiger partial charge in [-0.1, -0.05) is 41.9 Å². The minimum absolute atomic E-state index is 0.0805. The summed E-state index contributed by atoms with van der Waals surface area (Å²) in [5.74, 6) is -1.46. The second-order valence-corrected chi connectivity index (χ2v) is 8.94. The van der Waals surface area contributed by atoms with Gasteiger partial charge >= 0.3 is 5.97 Å². The van der Waals surface area contributed by atoms with E-state index in [1.165, 1.54) is 41.4 Å². The summed E-state index contributed by atoms with van der Waals surface area (Å²) < 4.78 is 20.4. The molecule has 2 aromatic carbocycles. The smallest absolute Gasteiger partial charge is 0.331 e. The molecule has 2 aromatic heterocycles. The van der Waals surface area contributed by atoms with Crippen LogP contribution in [0.15, 0.2) is 60.0 Å². The Hall–Kier alpha value is -3.07. The number of hydrogen-bond donors (Lipinski definition) is 0. The van der Waals surface area contributed by atoms with Crippen LogP contribution in [0.2, 0.25) is 5.02 Å². The summed E-state index contributed by atoms with van der Waals surface area (Å²) in [6.07, 6.45) is 2.93. The fourth-order valence-corrected chi connectivity index (χ4v) is 5.25. The Morgan fingerprint density at radius 2 is 1.94 bits per heavy atom. The van der Waals surface area contributed by atoms with Crippen LogP contribution in [0, 0.1) is 5.82 Å². The number of rotatable bonds is 6. The number of thiazole rings is 1. The van der Waals surface area contributed by atoms with Crippen molar-refractivity contribution in [2.75, 3.05) is 4.90 Å². The van der Waals surface area contributed by atoms with Crippen LogP contribution < -0.4 is 4.90 Å². The van der Waals surface area contributed by atoms with Gasteiger partial charge in [0.25, 0.3) is 0 Å². The highest BCUT2D eigenvalue weighted by Crippen LogP contribution is 2.36. The molecule has 0 saturated carbocycles. The number of benzene rings is 2. The third-order valence-corrected chi connectivity index (χ3v) is 6.96. The number of anilines is 2. The molecule has 0 aliphatic heterocycles. The zero-order valence-corrected chi connectivity index (χ0v) is 19.1. The summed E-state index contributed by atoms with van der Waals surface area (Å²) in [6.45, 7) is 1.25. The van der Waals surface area contributed by atoms with Crippen molar-refractivity contribution in [1.82, 2.24) is 4.98 Å². The molecule has 0 N–H and O–H groups in total. The Labute approximate surface area is 196 Å². The van der Waals surface area contributed by atoms with Crippen LogP contribution in [-0.4, -0.2) is 16.9 Å². The Morgan fingerprint density at radius 1 is 1.19 bits per heavy atom. The largest absolute Gasteiger partial charge is 0.456 e. The number of hydrogen-bond acceptors (Lipinski definition) is 6. The number of aromatic nitrogens is 1. The van der Waals surface area contributed by atoms with Gasteiger partial charge in [0.15, 0.2) is 5.13 Å². The maximum atomic E-state index is 14.2. The second-order valence-electron chi connectivity index (χ2n) is 6.64. The van der Waals surface area contributed by atoms with Crippen LogP contribution in [0.3, 0.4) is 0 Å². The van der Waals surface area contributed by atoms with Gasteiger partial charge in [-0.05, 0) is 24.3 Å². The van der Waals surface area contributed by atoms with Gasteiger partial charge in [-0.15, -0.1) is 22.7 Å². The highest BCUT2D eigenvalue weighted by atomic mass is 35.5. The van der Waals surface area contributed by atoms with Crippen LogP contribution in [-0.2, 0) is 20.9 Å². The second kappa shape index (κ2) is 9.60. The van der Waals surface area contributed by atoms with Crippen LogP contribution in [0.4, 0.5) is 15.2 Å². The number of esters is 1. The summed E-state index contributed by atoms with van der Waals surface area (Å²) in [6, 6.07) is 13.7. The van der Waals surface area contributed by atoms with Gasteiger partial charge in [-0.25, -0.2) is 14.2 Å². The first kappa shape index (κ1) is 22.1. The molecule has 162 valence electrons. The standard InChI is InChI=1S/C23H16ClFN2O3S2/c1-14(28)27(18-8-4-3-7-17(18)25)23-26-15(13-31-23)12-30-21(29)11-10-20-22(24)16-6-2-5-9-19(16)32-20/h2-11,13H,12H2,1H3/b11-10+. The molecule has 0 unspecified atom stereocenters. The predicted molar refractivity (Wildman–Crippen MR) is 127 cm³/mol. The van der Waals surface area contributed by atoms with Gasteiger partial charge in [0.05, 0.1) is 16.4 Å². The lowest BCUT2D eigenvalue weighted by atomic mass is 10.2. The number of thiophene rings is 1. The van der Waals surface area contributed by atoms with Crippen molar-refractivity contribution >= 4 is 73.1 Å². The van der Waals surface area contributed by atoms with Crippen LogP contribution in [0.5, 0.6) is 0 Å². The van der Waals surface area contributed by atoms with E-state index in [1.807, 2.05) is 24.3 Å².